The van der Waals surface area contributed by atoms with Crippen molar-refractivity contribution in [2.24, 2.45) is 12.8 Å². The topological polar surface area (TPSA) is 53.1 Å². The molecule has 0 spiro atoms. The van der Waals surface area contributed by atoms with Crippen LogP contribution in [-0.4, -0.2) is 16.9 Å². The van der Waals surface area contributed by atoms with Gasteiger partial charge in [0.05, 0.1) is 12.8 Å². The third-order valence-corrected chi connectivity index (χ3v) is 3.04. The zero-order valence-electron chi connectivity index (χ0n) is 11.1. The van der Waals surface area contributed by atoms with E-state index < -0.39 is 0 Å². The van der Waals surface area contributed by atoms with Crippen molar-refractivity contribution in [3.63, 3.8) is 0 Å². The Kier molecular flexibility index (Phi) is 3.67. The Morgan fingerprint density at radius 1 is 1.39 bits per heavy atom. The van der Waals surface area contributed by atoms with Crippen molar-refractivity contribution >= 4 is 0 Å². The summed E-state index contributed by atoms with van der Waals surface area (Å²) in [5.74, 6) is 0.892. The maximum Gasteiger partial charge on any atom is 0.121 e. The fraction of sp³-hybridized carbons (Fsp3) is 0.357. The number of benzene rings is 1. The summed E-state index contributed by atoms with van der Waals surface area (Å²) in [7, 11) is 3.59. The highest BCUT2D eigenvalue weighted by Crippen LogP contribution is 2.23. The predicted molar refractivity (Wildman–Crippen MR) is 71.6 cm³/mol. The van der Waals surface area contributed by atoms with Crippen LogP contribution < -0.4 is 10.5 Å². The number of rotatable bonds is 4. The lowest BCUT2D eigenvalue weighted by atomic mass is 10.0. The van der Waals surface area contributed by atoms with Crippen LogP contribution in [0.1, 0.15) is 22.9 Å². The van der Waals surface area contributed by atoms with Gasteiger partial charge in [-0.3, -0.25) is 4.68 Å². The lowest BCUT2D eigenvalue weighted by molar-refractivity contribution is 0.411. The normalized spacial score (nSPS) is 12.4. The summed E-state index contributed by atoms with van der Waals surface area (Å²) in [5.41, 5.74) is 9.43. The molecule has 0 aliphatic carbocycles. The molecule has 0 amide bonds. The molecule has 0 aliphatic heterocycles. The van der Waals surface area contributed by atoms with E-state index >= 15 is 0 Å². The average molecular weight is 245 g/mol. The van der Waals surface area contributed by atoms with Crippen molar-refractivity contribution < 1.29 is 4.74 Å². The van der Waals surface area contributed by atoms with E-state index in [2.05, 4.69) is 11.2 Å². The van der Waals surface area contributed by atoms with Crippen molar-refractivity contribution in [3.05, 3.63) is 47.3 Å². The Balaban J connectivity index is 2.13. The molecule has 0 saturated heterocycles. The van der Waals surface area contributed by atoms with Crippen molar-refractivity contribution in [2.45, 2.75) is 19.4 Å². The Morgan fingerprint density at radius 3 is 2.72 bits per heavy atom. The van der Waals surface area contributed by atoms with Crippen LogP contribution in [0.5, 0.6) is 5.75 Å². The van der Waals surface area contributed by atoms with Gasteiger partial charge in [0.15, 0.2) is 0 Å². The van der Waals surface area contributed by atoms with Gasteiger partial charge in [-0.25, -0.2) is 0 Å². The van der Waals surface area contributed by atoms with Crippen LogP contribution >= 0.6 is 0 Å². The molecule has 4 heteroatoms. The molecule has 96 valence electrons. The second kappa shape index (κ2) is 5.23. The molecule has 2 N–H and O–H groups in total. The Hall–Kier alpha value is -1.81. The van der Waals surface area contributed by atoms with Crippen molar-refractivity contribution in [2.75, 3.05) is 7.11 Å². The number of nitrogens with two attached hydrogens (primary N) is 1. The van der Waals surface area contributed by atoms with Gasteiger partial charge >= 0.3 is 0 Å². The highest BCUT2D eigenvalue weighted by Gasteiger charge is 2.10. The maximum atomic E-state index is 6.21. The lowest BCUT2D eigenvalue weighted by Crippen LogP contribution is -2.14. The molecule has 1 heterocycles. The molecule has 18 heavy (non-hydrogen) atoms. The van der Waals surface area contributed by atoms with Gasteiger partial charge in [-0.15, -0.1) is 0 Å². The molecule has 2 rings (SSSR count). The largest absolute Gasteiger partial charge is 0.496 e. The SMILES string of the molecule is COc1ccc(C(N)Cc2ccn(C)n2)cc1C. The van der Waals surface area contributed by atoms with E-state index in [1.807, 2.05) is 38.4 Å². The van der Waals surface area contributed by atoms with Crippen LogP contribution in [0.25, 0.3) is 0 Å². The zero-order chi connectivity index (χ0) is 13.1. The second-order valence-electron chi connectivity index (χ2n) is 4.52. The van der Waals surface area contributed by atoms with Crippen LogP contribution in [0.15, 0.2) is 30.5 Å². The van der Waals surface area contributed by atoms with Crippen molar-refractivity contribution in [1.82, 2.24) is 9.78 Å². The summed E-state index contributed by atoms with van der Waals surface area (Å²) in [4.78, 5) is 0. The van der Waals surface area contributed by atoms with Crippen LogP contribution in [0.3, 0.4) is 0 Å². The van der Waals surface area contributed by atoms with Gasteiger partial charge < -0.3 is 10.5 Å². The fourth-order valence-corrected chi connectivity index (χ4v) is 2.05. The molecular weight excluding hydrogens is 226 g/mol. The van der Waals surface area contributed by atoms with Crippen LogP contribution in [0.4, 0.5) is 0 Å². The Bertz CT molecular complexity index is 534. The molecule has 1 aromatic carbocycles. The van der Waals surface area contributed by atoms with E-state index in [9.17, 15) is 0 Å². The summed E-state index contributed by atoms with van der Waals surface area (Å²) in [6.07, 6.45) is 2.67. The first kappa shape index (κ1) is 12.6. The second-order valence-corrected chi connectivity index (χ2v) is 4.52. The number of nitrogens with zero attached hydrogens (tertiary/aromatic N) is 2. The Morgan fingerprint density at radius 2 is 2.17 bits per heavy atom. The van der Waals surface area contributed by atoms with Gasteiger partial charge in [0, 0.05) is 25.7 Å². The summed E-state index contributed by atoms with van der Waals surface area (Å²) >= 11 is 0. The fourth-order valence-electron chi connectivity index (χ4n) is 2.05. The van der Waals surface area contributed by atoms with E-state index in [-0.39, 0.29) is 6.04 Å². The van der Waals surface area contributed by atoms with E-state index in [1.165, 1.54) is 0 Å². The average Bonchev–Trinajstić information content (AvgIpc) is 2.74. The van der Waals surface area contributed by atoms with E-state index in [1.54, 1.807) is 11.8 Å². The van der Waals surface area contributed by atoms with Crippen molar-refractivity contribution in [1.29, 1.82) is 0 Å². The van der Waals surface area contributed by atoms with Gasteiger partial charge in [-0.2, -0.15) is 5.10 Å². The standard InChI is InChI=1S/C14H19N3O/c1-10-8-11(4-5-14(10)18-3)13(15)9-12-6-7-17(2)16-12/h4-8,13H,9,15H2,1-3H3. The minimum Gasteiger partial charge on any atom is -0.496 e. The molecular formula is C14H19N3O. The third kappa shape index (κ3) is 2.71. The predicted octanol–water partition coefficient (Wildman–Crippen LogP) is 1.98. The molecule has 2 aromatic rings. The quantitative estimate of drug-likeness (QED) is 0.896. The zero-order valence-corrected chi connectivity index (χ0v) is 11.1. The first-order chi connectivity index (χ1) is 8.60. The van der Waals surface area contributed by atoms with Gasteiger partial charge in [0.1, 0.15) is 5.75 Å². The molecule has 1 aromatic heterocycles. The van der Waals surface area contributed by atoms with Crippen LogP contribution in [-0.2, 0) is 13.5 Å². The first-order valence-electron chi connectivity index (χ1n) is 5.99. The monoisotopic (exact) mass is 245 g/mol. The smallest absolute Gasteiger partial charge is 0.121 e. The van der Waals surface area contributed by atoms with Gasteiger partial charge in [-0.1, -0.05) is 12.1 Å². The molecule has 0 radical (unpaired) electrons. The number of ether oxygens (including phenoxy) is 1. The highest BCUT2D eigenvalue weighted by atomic mass is 16.5. The highest BCUT2D eigenvalue weighted by molar-refractivity contribution is 5.37. The molecule has 1 unspecified atom stereocenters. The number of aromatic nitrogens is 2. The summed E-state index contributed by atoms with van der Waals surface area (Å²) < 4.78 is 7.04. The molecule has 0 saturated carbocycles. The number of methoxy groups -OCH3 is 1. The van der Waals surface area contributed by atoms with E-state index in [4.69, 9.17) is 10.5 Å². The summed E-state index contributed by atoms with van der Waals surface area (Å²) in [6, 6.07) is 8.01. The number of hydrogen-bond acceptors (Lipinski definition) is 3. The molecule has 4 nitrogen and oxygen atoms in total. The maximum absolute atomic E-state index is 6.21. The third-order valence-electron chi connectivity index (χ3n) is 3.04. The van der Waals surface area contributed by atoms with Gasteiger partial charge in [-0.05, 0) is 30.2 Å². The molecule has 1 atom stereocenters. The summed E-state index contributed by atoms with van der Waals surface area (Å²) in [6.45, 7) is 2.02. The minimum absolute atomic E-state index is 0.0375. The van der Waals surface area contributed by atoms with Gasteiger partial charge in [0.2, 0.25) is 0 Å². The first-order valence-corrected chi connectivity index (χ1v) is 5.99. The van der Waals surface area contributed by atoms with E-state index in [0.717, 1.165) is 29.0 Å². The molecule has 0 bridgehead atoms. The summed E-state index contributed by atoms with van der Waals surface area (Å²) in [5, 5.41) is 4.34. The van der Waals surface area contributed by atoms with Gasteiger partial charge in [0.25, 0.3) is 0 Å². The molecule has 0 fully saturated rings. The van der Waals surface area contributed by atoms with Crippen LogP contribution in [0.2, 0.25) is 0 Å². The number of aryl methyl sites for hydroxylation is 2. The van der Waals surface area contributed by atoms with Crippen LogP contribution in [0, 0.1) is 6.92 Å². The van der Waals surface area contributed by atoms with E-state index in [0.29, 0.717) is 0 Å². The lowest BCUT2D eigenvalue weighted by Gasteiger charge is -2.13. The molecule has 0 aliphatic rings. The van der Waals surface area contributed by atoms with Crippen molar-refractivity contribution in [3.8, 4) is 5.75 Å². The number of hydrogen-bond donors (Lipinski definition) is 1. The Labute approximate surface area is 107 Å². The minimum atomic E-state index is -0.0375.